The predicted octanol–water partition coefficient (Wildman–Crippen LogP) is 0.927. The molecule has 1 aliphatic heterocycles. The maximum absolute atomic E-state index is 12.8. The molecule has 1 aromatic carbocycles. The van der Waals surface area contributed by atoms with Gasteiger partial charge in [0, 0.05) is 12.3 Å². The number of amides is 1. The normalized spacial score (nSPS) is 19.7. The first-order valence-electron chi connectivity index (χ1n) is 5.10. The van der Waals surface area contributed by atoms with E-state index in [-0.39, 0.29) is 17.6 Å². The van der Waals surface area contributed by atoms with Crippen LogP contribution in [0.3, 0.4) is 0 Å². The van der Waals surface area contributed by atoms with Crippen LogP contribution in [0, 0.1) is 5.82 Å². The van der Waals surface area contributed by atoms with E-state index in [1.807, 2.05) is 0 Å². The molecule has 1 heterocycles. The van der Waals surface area contributed by atoms with Crippen LogP contribution in [0.2, 0.25) is 0 Å². The van der Waals surface area contributed by atoms with Gasteiger partial charge in [-0.15, -0.1) is 0 Å². The fourth-order valence-electron chi connectivity index (χ4n) is 1.65. The van der Waals surface area contributed by atoms with Gasteiger partial charge in [0.2, 0.25) is 0 Å². The number of nitrogen functional groups attached to an aromatic ring is 1. The Balaban J connectivity index is 2.08. The van der Waals surface area contributed by atoms with Crippen LogP contribution in [-0.4, -0.2) is 25.2 Å². The van der Waals surface area contributed by atoms with Gasteiger partial charge in [0.25, 0.3) is 5.91 Å². The monoisotopic (exact) mass is 224 g/mol. The van der Waals surface area contributed by atoms with Crippen molar-refractivity contribution in [1.29, 1.82) is 0 Å². The molecular weight excluding hydrogens is 211 g/mol. The molecule has 0 saturated carbocycles. The minimum Gasteiger partial charge on any atom is -0.398 e. The molecule has 1 amide bonds. The minimum absolute atomic E-state index is 0.0250. The number of carbonyl (C=O) groups excluding carboxylic acids is 1. The van der Waals surface area contributed by atoms with Gasteiger partial charge in [0.05, 0.1) is 18.2 Å². The van der Waals surface area contributed by atoms with E-state index in [4.69, 9.17) is 10.5 Å². The lowest BCUT2D eigenvalue weighted by atomic mass is 10.1. The Hall–Kier alpha value is -1.62. The van der Waals surface area contributed by atoms with Crippen molar-refractivity contribution in [3.8, 4) is 0 Å². The lowest BCUT2D eigenvalue weighted by Crippen LogP contribution is -2.35. The number of nitrogens with two attached hydrogens (primary N) is 1. The fraction of sp³-hybridized carbons (Fsp3) is 0.364. The first-order chi connectivity index (χ1) is 7.66. The number of rotatable bonds is 2. The van der Waals surface area contributed by atoms with Crippen molar-refractivity contribution in [2.75, 3.05) is 18.9 Å². The standard InChI is InChI=1S/C11H13FN2O2/c12-7-1-2-9(10(13)5-7)11(15)14-8-3-4-16-6-8/h1-2,5,8H,3-4,6,13H2,(H,14,15). The average Bonchev–Trinajstić information content (AvgIpc) is 2.70. The number of anilines is 1. The smallest absolute Gasteiger partial charge is 0.253 e. The summed E-state index contributed by atoms with van der Waals surface area (Å²) in [5, 5.41) is 2.79. The van der Waals surface area contributed by atoms with E-state index < -0.39 is 5.82 Å². The Morgan fingerprint density at radius 2 is 2.38 bits per heavy atom. The van der Waals surface area contributed by atoms with E-state index in [0.717, 1.165) is 12.5 Å². The highest BCUT2D eigenvalue weighted by atomic mass is 19.1. The average molecular weight is 224 g/mol. The first kappa shape index (κ1) is 10.9. The van der Waals surface area contributed by atoms with Crippen molar-refractivity contribution in [3.63, 3.8) is 0 Å². The Morgan fingerprint density at radius 3 is 3.00 bits per heavy atom. The highest BCUT2D eigenvalue weighted by molar-refractivity contribution is 5.99. The van der Waals surface area contributed by atoms with Crippen molar-refractivity contribution in [1.82, 2.24) is 5.32 Å². The number of nitrogens with one attached hydrogen (secondary N) is 1. The maximum Gasteiger partial charge on any atom is 0.253 e. The number of ether oxygens (including phenoxy) is 1. The third-order valence-corrected chi connectivity index (χ3v) is 2.52. The maximum atomic E-state index is 12.8. The highest BCUT2D eigenvalue weighted by Crippen LogP contribution is 2.14. The van der Waals surface area contributed by atoms with Gasteiger partial charge in [0.15, 0.2) is 0 Å². The van der Waals surface area contributed by atoms with E-state index in [2.05, 4.69) is 5.32 Å². The number of hydrogen-bond acceptors (Lipinski definition) is 3. The predicted molar refractivity (Wildman–Crippen MR) is 57.5 cm³/mol. The number of halogens is 1. The zero-order chi connectivity index (χ0) is 11.5. The molecule has 0 spiro atoms. The Bertz CT molecular complexity index is 403. The van der Waals surface area contributed by atoms with Gasteiger partial charge in [-0.25, -0.2) is 4.39 Å². The molecule has 1 aromatic rings. The summed E-state index contributed by atoms with van der Waals surface area (Å²) >= 11 is 0. The lowest BCUT2D eigenvalue weighted by molar-refractivity contribution is 0.0931. The second-order valence-corrected chi connectivity index (χ2v) is 3.77. The van der Waals surface area contributed by atoms with Crippen molar-refractivity contribution in [2.45, 2.75) is 12.5 Å². The summed E-state index contributed by atoms with van der Waals surface area (Å²) < 4.78 is 17.9. The fourth-order valence-corrected chi connectivity index (χ4v) is 1.65. The van der Waals surface area contributed by atoms with E-state index >= 15 is 0 Å². The molecule has 86 valence electrons. The van der Waals surface area contributed by atoms with Gasteiger partial charge >= 0.3 is 0 Å². The zero-order valence-electron chi connectivity index (χ0n) is 8.70. The summed E-state index contributed by atoms with van der Waals surface area (Å²) in [6.45, 7) is 1.18. The van der Waals surface area contributed by atoms with Gasteiger partial charge in [-0.1, -0.05) is 0 Å². The summed E-state index contributed by atoms with van der Waals surface area (Å²) in [4.78, 5) is 11.8. The molecule has 0 bridgehead atoms. The SMILES string of the molecule is Nc1cc(F)ccc1C(=O)NC1CCOC1. The molecule has 1 aliphatic rings. The molecule has 16 heavy (non-hydrogen) atoms. The molecule has 0 aromatic heterocycles. The molecule has 1 saturated heterocycles. The summed E-state index contributed by atoms with van der Waals surface area (Å²) in [5.41, 5.74) is 6.01. The van der Waals surface area contributed by atoms with Crippen LogP contribution >= 0.6 is 0 Å². The lowest BCUT2D eigenvalue weighted by Gasteiger charge is -2.11. The molecule has 1 unspecified atom stereocenters. The van der Waals surface area contributed by atoms with Crippen molar-refractivity contribution < 1.29 is 13.9 Å². The van der Waals surface area contributed by atoms with Gasteiger partial charge in [-0.05, 0) is 24.6 Å². The molecule has 1 fully saturated rings. The highest BCUT2D eigenvalue weighted by Gasteiger charge is 2.19. The molecule has 5 heteroatoms. The van der Waals surface area contributed by atoms with E-state index in [1.54, 1.807) is 0 Å². The Morgan fingerprint density at radius 1 is 1.56 bits per heavy atom. The van der Waals surface area contributed by atoms with E-state index in [9.17, 15) is 9.18 Å². The van der Waals surface area contributed by atoms with Gasteiger partial charge < -0.3 is 15.8 Å². The quantitative estimate of drug-likeness (QED) is 0.734. The van der Waals surface area contributed by atoms with Crippen LogP contribution in [0.25, 0.3) is 0 Å². The molecule has 1 atom stereocenters. The van der Waals surface area contributed by atoms with Crippen LogP contribution in [0.4, 0.5) is 10.1 Å². The molecule has 4 nitrogen and oxygen atoms in total. The van der Waals surface area contributed by atoms with Crippen molar-refractivity contribution in [2.24, 2.45) is 0 Å². The van der Waals surface area contributed by atoms with Gasteiger partial charge in [-0.3, -0.25) is 4.79 Å². The van der Waals surface area contributed by atoms with Crippen LogP contribution in [0.15, 0.2) is 18.2 Å². The van der Waals surface area contributed by atoms with Crippen LogP contribution < -0.4 is 11.1 Å². The Labute approximate surface area is 92.6 Å². The summed E-state index contributed by atoms with van der Waals surface area (Å²) in [6.07, 6.45) is 0.798. The molecule has 2 rings (SSSR count). The largest absolute Gasteiger partial charge is 0.398 e. The molecular formula is C11H13FN2O2. The molecule has 0 radical (unpaired) electrons. The van der Waals surface area contributed by atoms with Crippen LogP contribution in [0.1, 0.15) is 16.8 Å². The van der Waals surface area contributed by atoms with Crippen LogP contribution in [0.5, 0.6) is 0 Å². The van der Waals surface area contributed by atoms with Gasteiger partial charge in [0.1, 0.15) is 5.82 Å². The topological polar surface area (TPSA) is 64.4 Å². The van der Waals surface area contributed by atoms with Crippen molar-refractivity contribution in [3.05, 3.63) is 29.6 Å². The van der Waals surface area contributed by atoms with Crippen LogP contribution in [-0.2, 0) is 4.74 Å². The Kier molecular flexibility index (Phi) is 3.05. The number of carbonyl (C=O) groups is 1. The number of benzene rings is 1. The third kappa shape index (κ3) is 2.30. The summed E-state index contributed by atoms with van der Waals surface area (Å²) in [7, 11) is 0. The molecule has 3 N–H and O–H groups in total. The number of hydrogen-bond donors (Lipinski definition) is 2. The van der Waals surface area contributed by atoms with Gasteiger partial charge in [-0.2, -0.15) is 0 Å². The second-order valence-electron chi connectivity index (χ2n) is 3.77. The minimum atomic E-state index is -0.446. The summed E-state index contributed by atoms with van der Waals surface area (Å²) in [5.74, 6) is -0.730. The first-order valence-corrected chi connectivity index (χ1v) is 5.10. The third-order valence-electron chi connectivity index (χ3n) is 2.52. The van der Waals surface area contributed by atoms with E-state index in [1.165, 1.54) is 12.1 Å². The van der Waals surface area contributed by atoms with Crippen molar-refractivity contribution >= 4 is 11.6 Å². The van der Waals surface area contributed by atoms with E-state index in [0.29, 0.717) is 18.8 Å². The zero-order valence-corrected chi connectivity index (χ0v) is 8.70. The summed E-state index contributed by atoms with van der Waals surface area (Å²) in [6, 6.07) is 3.77. The molecule has 0 aliphatic carbocycles. The second kappa shape index (κ2) is 4.49.